The number of nitrogens with zero attached hydrogens (tertiary/aromatic N) is 1. The van der Waals surface area contributed by atoms with Gasteiger partial charge in [0.05, 0.1) is 10.3 Å². The van der Waals surface area contributed by atoms with Crippen molar-refractivity contribution in [1.82, 2.24) is 4.90 Å². The van der Waals surface area contributed by atoms with Gasteiger partial charge >= 0.3 is 5.97 Å². The lowest BCUT2D eigenvalue weighted by Crippen LogP contribution is -2.31. The van der Waals surface area contributed by atoms with Crippen LogP contribution < -0.4 is 0 Å². The van der Waals surface area contributed by atoms with E-state index in [2.05, 4.69) is 4.90 Å². The van der Waals surface area contributed by atoms with Gasteiger partial charge in [0.25, 0.3) is 0 Å². The quantitative estimate of drug-likeness (QED) is 0.856. The van der Waals surface area contributed by atoms with Crippen LogP contribution in [0.5, 0.6) is 0 Å². The molecule has 1 heterocycles. The molecule has 1 aromatic rings. The van der Waals surface area contributed by atoms with Crippen molar-refractivity contribution in [2.24, 2.45) is 5.92 Å². The third-order valence-corrected chi connectivity index (χ3v) is 3.63. The van der Waals surface area contributed by atoms with Crippen molar-refractivity contribution in [2.45, 2.75) is 20.4 Å². The highest BCUT2D eigenvalue weighted by atomic mass is 35.5. The zero-order chi connectivity index (χ0) is 12.1. The van der Waals surface area contributed by atoms with Gasteiger partial charge in [0.2, 0.25) is 0 Å². The summed E-state index contributed by atoms with van der Waals surface area (Å²) in [5, 5.41) is 8.85. The van der Waals surface area contributed by atoms with Crippen molar-refractivity contribution in [2.75, 3.05) is 13.1 Å². The summed E-state index contributed by atoms with van der Waals surface area (Å²) in [5.41, 5.74) is 0. The molecule has 0 amide bonds. The van der Waals surface area contributed by atoms with E-state index in [0.29, 0.717) is 6.54 Å². The maximum atomic E-state index is 10.8. The molecule has 1 unspecified atom stereocenters. The first-order valence-corrected chi connectivity index (χ1v) is 6.41. The fourth-order valence-electron chi connectivity index (χ4n) is 1.43. The van der Waals surface area contributed by atoms with Crippen molar-refractivity contribution in [3.8, 4) is 0 Å². The molecule has 0 saturated heterocycles. The molecule has 1 rings (SSSR count). The number of hydrogen-bond donors (Lipinski definition) is 1. The number of hydrogen-bond acceptors (Lipinski definition) is 3. The third kappa shape index (κ3) is 4.12. The summed E-state index contributed by atoms with van der Waals surface area (Å²) in [4.78, 5) is 14.0. The van der Waals surface area contributed by atoms with E-state index in [4.69, 9.17) is 16.7 Å². The average Bonchev–Trinajstić information content (AvgIpc) is 2.62. The summed E-state index contributed by atoms with van der Waals surface area (Å²) in [7, 11) is 0. The first-order valence-electron chi connectivity index (χ1n) is 5.22. The van der Waals surface area contributed by atoms with Crippen LogP contribution >= 0.6 is 22.9 Å². The second kappa shape index (κ2) is 6.23. The molecule has 90 valence electrons. The molecular formula is C11H16ClNO2S. The van der Waals surface area contributed by atoms with Crippen LogP contribution in [0.2, 0.25) is 4.34 Å². The van der Waals surface area contributed by atoms with Crippen molar-refractivity contribution in [1.29, 1.82) is 0 Å². The van der Waals surface area contributed by atoms with Crippen molar-refractivity contribution >= 4 is 28.9 Å². The second-order valence-electron chi connectivity index (χ2n) is 3.77. The summed E-state index contributed by atoms with van der Waals surface area (Å²) in [6, 6.07) is 3.86. The van der Waals surface area contributed by atoms with Crippen molar-refractivity contribution < 1.29 is 9.90 Å². The minimum absolute atomic E-state index is 0.338. The van der Waals surface area contributed by atoms with Crippen LogP contribution in [0.25, 0.3) is 0 Å². The molecule has 0 spiro atoms. The van der Waals surface area contributed by atoms with Crippen LogP contribution in [-0.2, 0) is 11.3 Å². The first kappa shape index (κ1) is 13.5. The molecule has 0 aliphatic heterocycles. The Hall–Kier alpha value is -0.580. The molecule has 0 aromatic carbocycles. The lowest BCUT2D eigenvalue weighted by Gasteiger charge is -2.21. The fourth-order valence-corrected chi connectivity index (χ4v) is 2.56. The van der Waals surface area contributed by atoms with Crippen LogP contribution in [0.15, 0.2) is 12.1 Å². The smallest absolute Gasteiger partial charge is 0.307 e. The summed E-state index contributed by atoms with van der Waals surface area (Å²) in [5.74, 6) is -1.09. The monoisotopic (exact) mass is 261 g/mol. The SMILES string of the molecule is CCN(Cc1ccc(Cl)s1)CC(C)C(=O)O. The van der Waals surface area contributed by atoms with Crippen LogP contribution in [-0.4, -0.2) is 29.1 Å². The Labute approximate surface area is 105 Å². The van der Waals surface area contributed by atoms with E-state index in [0.717, 1.165) is 17.4 Å². The molecule has 16 heavy (non-hydrogen) atoms. The topological polar surface area (TPSA) is 40.5 Å². The lowest BCUT2D eigenvalue weighted by atomic mass is 10.1. The molecule has 5 heteroatoms. The number of thiophene rings is 1. The zero-order valence-corrected chi connectivity index (χ0v) is 11.0. The molecular weight excluding hydrogens is 246 g/mol. The number of halogens is 1. The summed E-state index contributed by atoms with van der Waals surface area (Å²) < 4.78 is 0.775. The van der Waals surface area contributed by atoms with Crippen molar-refractivity contribution in [3.63, 3.8) is 0 Å². The van der Waals surface area contributed by atoms with E-state index < -0.39 is 5.97 Å². The molecule has 0 bridgehead atoms. The highest BCUT2D eigenvalue weighted by molar-refractivity contribution is 7.16. The van der Waals surface area contributed by atoms with Gasteiger partial charge in [-0.2, -0.15) is 0 Å². The number of carbonyl (C=O) groups is 1. The van der Waals surface area contributed by atoms with Crippen LogP contribution in [0.3, 0.4) is 0 Å². The number of rotatable bonds is 6. The van der Waals surface area contributed by atoms with E-state index >= 15 is 0 Å². The molecule has 0 saturated carbocycles. The Morgan fingerprint density at radius 3 is 2.75 bits per heavy atom. The van der Waals surface area contributed by atoms with Gasteiger partial charge in [-0.05, 0) is 18.7 Å². The molecule has 3 nitrogen and oxygen atoms in total. The molecule has 1 atom stereocenters. The Kier molecular flexibility index (Phi) is 5.25. The largest absolute Gasteiger partial charge is 0.481 e. The van der Waals surface area contributed by atoms with Gasteiger partial charge in [-0.25, -0.2) is 0 Å². The predicted molar refractivity (Wildman–Crippen MR) is 67.1 cm³/mol. The van der Waals surface area contributed by atoms with Crippen LogP contribution in [0.4, 0.5) is 0 Å². The van der Waals surface area contributed by atoms with Crippen LogP contribution in [0.1, 0.15) is 18.7 Å². The number of aliphatic carboxylic acids is 1. The van der Waals surface area contributed by atoms with Gasteiger partial charge in [0, 0.05) is 18.0 Å². The Balaban J connectivity index is 2.52. The molecule has 0 radical (unpaired) electrons. The standard InChI is InChI=1S/C11H16ClNO2S/c1-3-13(6-8(2)11(14)15)7-9-4-5-10(12)16-9/h4-5,8H,3,6-7H2,1-2H3,(H,14,15). The van der Waals surface area contributed by atoms with E-state index in [9.17, 15) is 4.79 Å². The number of carboxylic acids is 1. The summed E-state index contributed by atoms with van der Waals surface area (Å²) in [6.07, 6.45) is 0. The van der Waals surface area contributed by atoms with Crippen LogP contribution in [0, 0.1) is 5.92 Å². The zero-order valence-electron chi connectivity index (χ0n) is 9.44. The van der Waals surface area contributed by atoms with E-state index in [-0.39, 0.29) is 5.92 Å². The fraction of sp³-hybridized carbons (Fsp3) is 0.545. The molecule has 0 fully saturated rings. The molecule has 0 aliphatic carbocycles. The number of carboxylic acid groups (broad SMARTS) is 1. The normalized spacial score (nSPS) is 13.0. The minimum atomic E-state index is -0.748. The second-order valence-corrected chi connectivity index (χ2v) is 5.57. The van der Waals surface area contributed by atoms with Gasteiger partial charge in [-0.3, -0.25) is 9.69 Å². The maximum Gasteiger partial charge on any atom is 0.307 e. The van der Waals surface area contributed by atoms with Gasteiger partial charge in [-0.1, -0.05) is 25.4 Å². The Bertz CT molecular complexity index is 354. The highest BCUT2D eigenvalue weighted by Crippen LogP contribution is 2.22. The first-order chi connectivity index (χ1) is 7.52. The minimum Gasteiger partial charge on any atom is -0.481 e. The van der Waals surface area contributed by atoms with Gasteiger partial charge in [0.1, 0.15) is 0 Å². The highest BCUT2D eigenvalue weighted by Gasteiger charge is 2.15. The van der Waals surface area contributed by atoms with Gasteiger partial charge < -0.3 is 5.11 Å². The summed E-state index contributed by atoms with van der Waals surface area (Å²) in [6.45, 7) is 5.94. The van der Waals surface area contributed by atoms with E-state index in [1.807, 2.05) is 19.1 Å². The third-order valence-electron chi connectivity index (χ3n) is 2.41. The van der Waals surface area contributed by atoms with Crippen molar-refractivity contribution in [3.05, 3.63) is 21.3 Å². The van der Waals surface area contributed by atoms with E-state index in [1.165, 1.54) is 4.88 Å². The maximum absolute atomic E-state index is 10.8. The van der Waals surface area contributed by atoms with Gasteiger partial charge in [0.15, 0.2) is 0 Å². The molecule has 1 N–H and O–H groups in total. The lowest BCUT2D eigenvalue weighted by molar-refractivity contribution is -0.141. The van der Waals surface area contributed by atoms with E-state index in [1.54, 1.807) is 18.3 Å². The predicted octanol–water partition coefficient (Wildman–Crippen LogP) is 2.94. The van der Waals surface area contributed by atoms with Gasteiger partial charge in [-0.15, -0.1) is 11.3 Å². The Morgan fingerprint density at radius 2 is 2.31 bits per heavy atom. The Morgan fingerprint density at radius 1 is 1.62 bits per heavy atom. The molecule has 0 aliphatic rings. The average molecular weight is 262 g/mol. The molecule has 1 aromatic heterocycles. The summed E-state index contributed by atoms with van der Waals surface area (Å²) >= 11 is 7.39.